The molecule has 2 amide bonds. The van der Waals surface area contributed by atoms with Crippen LogP contribution in [-0.4, -0.2) is 35.8 Å². The molecule has 2 rings (SSSR count). The van der Waals surface area contributed by atoms with E-state index in [0.717, 1.165) is 0 Å². The van der Waals surface area contributed by atoms with Crippen LogP contribution in [0.15, 0.2) is 22.7 Å². The summed E-state index contributed by atoms with van der Waals surface area (Å²) in [4.78, 5) is 25.5. The quantitative estimate of drug-likeness (QED) is 0.760. The maximum atomic E-state index is 12.4. The summed E-state index contributed by atoms with van der Waals surface area (Å²) in [5, 5.41) is 2.72. The lowest BCUT2D eigenvalue weighted by Crippen LogP contribution is -2.55. The minimum absolute atomic E-state index is 0.130. The summed E-state index contributed by atoms with van der Waals surface area (Å²) >= 11 is 3.33. The molecule has 1 heterocycles. The predicted molar refractivity (Wildman–Crippen MR) is 72.1 cm³/mol. The number of nitrogens with one attached hydrogen (secondary N) is 1. The van der Waals surface area contributed by atoms with Gasteiger partial charge in [0, 0.05) is 23.2 Å². The molecule has 1 atom stereocenters. The number of anilines is 1. The van der Waals surface area contributed by atoms with Gasteiger partial charge in [0.1, 0.15) is 6.04 Å². The van der Waals surface area contributed by atoms with Gasteiger partial charge in [-0.15, -0.1) is 0 Å². The topological polar surface area (TPSA) is 75.4 Å². The van der Waals surface area contributed by atoms with E-state index in [0.29, 0.717) is 28.8 Å². The second-order valence-corrected chi connectivity index (χ2v) is 5.06. The van der Waals surface area contributed by atoms with Crippen LogP contribution in [0.25, 0.3) is 0 Å². The maximum Gasteiger partial charge on any atom is 0.255 e. The molecule has 1 aliphatic heterocycles. The van der Waals surface area contributed by atoms with Gasteiger partial charge in [-0.05, 0) is 41.1 Å². The molecule has 1 fully saturated rings. The van der Waals surface area contributed by atoms with Crippen molar-refractivity contribution >= 4 is 33.4 Å². The number of benzene rings is 1. The first-order chi connectivity index (χ1) is 8.50. The average molecular weight is 312 g/mol. The van der Waals surface area contributed by atoms with Gasteiger partial charge in [-0.2, -0.15) is 0 Å². The first-order valence-electron chi connectivity index (χ1n) is 5.64. The highest BCUT2D eigenvalue weighted by Gasteiger charge is 2.30. The number of nitrogens with zero attached hydrogens (tertiary/aromatic N) is 1. The van der Waals surface area contributed by atoms with Gasteiger partial charge in [-0.1, -0.05) is 0 Å². The Bertz CT molecular complexity index is 504. The fourth-order valence-electron chi connectivity index (χ4n) is 1.92. The van der Waals surface area contributed by atoms with Crippen molar-refractivity contribution in [3.05, 3.63) is 28.2 Å². The number of amides is 2. The molecule has 0 spiro atoms. The lowest BCUT2D eigenvalue weighted by molar-refractivity contribution is -0.127. The molecule has 1 aromatic carbocycles. The van der Waals surface area contributed by atoms with Crippen molar-refractivity contribution in [1.82, 2.24) is 10.2 Å². The average Bonchev–Trinajstić information content (AvgIpc) is 2.35. The van der Waals surface area contributed by atoms with E-state index in [2.05, 4.69) is 21.2 Å². The highest BCUT2D eigenvalue weighted by atomic mass is 79.9. The Morgan fingerprint density at radius 1 is 1.56 bits per heavy atom. The van der Waals surface area contributed by atoms with Gasteiger partial charge >= 0.3 is 0 Å². The third-order valence-corrected chi connectivity index (χ3v) is 3.67. The van der Waals surface area contributed by atoms with E-state index in [1.807, 2.05) is 0 Å². The Morgan fingerprint density at radius 2 is 2.28 bits per heavy atom. The number of nitrogens with two attached hydrogens (primary N) is 1. The molecular weight excluding hydrogens is 298 g/mol. The van der Waals surface area contributed by atoms with Gasteiger partial charge in [0.15, 0.2) is 0 Å². The van der Waals surface area contributed by atoms with Crippen molar-refractivity contribution in [3.63, 3.8) is 0 Å². The molecule has 5 nitrogen and oxygen atoms in total. The minimum atomic E-state index is -0.459. The molecule has 1 saturated heterocycles. The number of halogens is 1. The van der Waals surface area contributed by atoms with Crippen molar-refractivity contribution in [3.8, 4) is 0 Å². The highest BCUT2D eigenvalue weighted by Crippen LogP contribution is 2.22. The van der Waals surface area contributed by atoms with Crippen LogP contribution in [0.2, 0.25) is 0 Å². The molecular formula is C12H14BrN3O2. The molecule has 0 radical (unpaired) electrons. The third-order valence-electron chi connectivity index (χ3n) is 2.98. The van der Waals surface area contributed by atoms with Crippen molar-refractivity contribution in [2.75, 3.05) is 18.8 Å². The summed E-state index contributed by atoms with van der Waals surface area (Å²) in [6.07, 6.45) is 0. The number of piperazine rings is 1. The van der Waals surface area contributed by atoms with Crippen LogP contribution >= 0.6 is 15.9 Å². The Hall–Kier alpha value is -1.56. The van der Waals surface area contributed by atoms with Gasteiger partial charge in [-0.25, -0.2) is 0 Å². The summed E-state index contributed by atoms with van der Waals surface area (Å²) in [6.45, 7) is 2.70. The smallest absolute Gasteiger partial charge is 0.255 e. The molecule has 6 heteroatoms. The van der Waals surface area contributed by atoms with Gasteiger partial charge < -0.3 is 16.0 Å². The SMILES string of the molecule is CC1C(=O)NCCN1C(=O)c1cc(N)ccc1Br. The Kier molecular flexibility index (Phi) is 3.56. The summed E-state index contributed by atoms with van der Waals surface area (Å²) in [7, 11) is 0. The minimum Gasteiger partial charge on any atom is -0.399 e. The normalized spacial score (nSPS) is 19.6. The summed E-state index contributed by atoms with van der Waals surface area (Å²) < 4.78 is 0.680. The number of hydrogen-bond donors (Lipinski definition) is 2. The Labute approximate surface area is 113 Å². The van der Waals surface area contributed by atoms with Crippen molar-refractivity contribution in [1.29, 1.82) is 0 Å². The number of hydrogen-bond acceptors (Lipinski definition) is 3. The zero-order chi connectivity index (χ0) is 13.3. The fraction of sp³-hybridized carbons (Fsp3) is 0.333. The van der Waals surface area contributed by atoms with Crippen LogP contribution in [0.5, 0.6) is 0 Å². The van der Waals surface area contributed by atoms with E-state index in [1.165, 1.54) is 0 Å². The van der Waals surface area contributed by atoms with Crippen LogP contribution < -0.4 is 11.1 Å². The van der Waals surface area contributed by atoms with E-state index in [-0.39, 0.29) is 11.8 Å². The molecule has 0 bridgehead atoms. The summed E-state index contributed by atoms with van der Waals surface area (Å²) in [6, 6.07) is 4.61. The third kappa shape index (κ3) is 2.33. The van der Waals surface area contributed by atoms with E-state index in [9.17, 15) is 9.59 Å². The van der Waals surface area contributed by atoms with Crippen LogP contribution in [0.1, 0.15) is 17.3 Å². The zero-order valence-corrected chi connectivity index (χ0v) is 11.5. The lowest BCUT2D eigenvalue weighted by Gasteiger charge is -2.33. The standard InChI is InChI=1S/C12H14BrN3O2/c1-7-11(17)15-4-5-16(7)12(18)9-6-8(14)2-3-10(9)13/h2-3,6-7H,4-5,14H2,1H3,(H,15,17). The monoisotopic (exact) mass is 311 g/mol. The number of carbonyl (C=O) groups excluding carboxylic acids is 2. The summed E-state index contributed by atoms with van der Waals surface area (Å²) in [5.74, 6) is -0.314. The van der Waals surface area contributed by atoms with Gasteiger partial charge in [0.25, 0.3) is 5.91 Å². The molecule has 18 heavy (non-hydrogen) atoms. The van der Waals surface area contributed by atoms with Crippen LogP contribution in [0, 0.1) is 0 Å². The van der Waals surface area contributed by atoms with Gasteiger partial charge in [-0.3, -0.25) is 9.59 Å². The predicted octanol–water partition coefficient (Wildman–Crippen LogP) is 0.992. The molecule has 0 saturated carbocycles. The van der Waals surface area contributed by atoms with E-state index >= 15 is 0 Å². The first-order valence-corrected chi connectivity index (χ1v) is 6.43. The number of nitrogen functional groups attached to an aromatic ring is 1. The van der Waals surface area contributed by atoms with Crippen molar-refractivity contribution in [2.45, 2.75) is 13.0 Å². The molecule has 96 valence electrons. The van der Waals surface area contributed by atoms with E-state index in [4.69, 9.17) is 5.73 Å². The van der Waals surface area contributed by atoms with Crippen LogP contribution in [0.3, 0.4) is 0 Å². The lowest BCUT2D eigenvalue weighted by atomic mass is 10.1. The Morgan fingerprint density at radius 3 is 3.00 bits per heavy atom. The molecule has 1 aliphatic rings. The van der Waals surface area contributed by atoms with E-state index < -0.39 is 6.04 Å². The highest BCUT2D eigenvalue weighted by molar-refractivity contribution is 9.10. The largest absolute Gasteiger partial charge is 0.399 e. The van der Waals surface area contributed by atoms with Crippen molar-refractivity contribution < 1.29 is 9.59 Å². The van der Waals surface area contributed by atoms with Crippen LogP contribution in [-0.2, 0) is 4.79 Å². The number of rotatable bonds is 1. The van der Waals surface area contributed by atoms with Crippen LogP contribution in [0.4, 0.5) is 5.69 Å². The van der Waals surface area contributed by atoms with E-state index in [1.54, 1.807) is 30.0 Å². The fourth-order valence-corrected chi connectivity index (χ4v) is 2.34. The van der Waals surface area contributed by atoms with Gasteiger partial charge in [0.05, 0.1) is 5.56 Å². The second kappa shape index (κ2) is 4.97. The van der Waals surface area contributed by atoms with Gasteiger partial charge in [0.2, 0.25) is 5.91 Å². The molecule has 3 N–H and O–H groups in total. The maximum absolute atomic E-state index is 12.4. The molecule has 1 unspecified atom stereocenters. The second-order valence-electron chi connectivity index (χ2n) is 4.20. The zero-order valence-electron chi connectivity index (χ0n) is 9.94. The number of carbonyl (C=O) groups is 2. The molecule has 1 aromatic rings. The van der Waals surface area contributed by atoms with Crippen molar-refractivity contribution in [2.24, 2.45) is 0 Å². The Balaban J connectivity index is 2.30. The first kappa shape index (κ1) is 12.9. The summed E-state index contributed by atoms with van der Waals surface area (Å²) in [5.41, 5.74) is 6.69. The molecule has 0 aromatic heterocycles. The molecule has 0 aliphatic carbocycles.